The van der Waals surface area contributed by atoms with E-state index in [0.29, 0.717) is 0 Å². The van der Waals surface area contributed by atoms with E-state index in [1.54, 1.807) is 13.8 Å². The molecular formula is C8H15NO3S. The predicted octanol–water partition coefficient (Wildman–Crippen LogP) is 0.674. The molecule has 0 rings (SSSR count). The van der Waals surface area contributed by atoms with Crippen LogP contribution in [0.25, 0.3) is 0 Å². The standard InChI is InChI=1S/C8H15NO3S/c1-5(10)9-8(4,6(11)12)7(2,3)13/h13H,1-4H3,(H,9,10)(H,11,12)/t8-/m1/s1. The zero-order valence-electron chi connectivity index (χ0n) is 8.21. The van der Waals surface area contributed by atoms with Crippen LogP contribution in [0.15, 0.2) is 0 Å². The molecule has 0 saturated carbocycles. The van der Waals surface area contributed by atoms with E-state index in [-0.39, 0.29) is 5.91 Å². The quantitative estimate of drug-likeness (QED) is 0.593. The fourth-order valence-corrected chi connectivity index (χ4v) is 0.972. The lowest BCUT2D eigenvalue weighted by molar-refractivity contribution is -0.147. The van der Waals surface area contributed by atoms with Crippen LogP contribution in [-0.4, -0.2) is 27.3 Å². The van der Waals surface area contributed by atoms with Gasteiger partial charge < -0.3 is 10.4 Å². The topological polar surface area (TPSA) is 66.4 Å². The van der Waals surface area contributed by atoms with E-state index in [0.717, 1.165) is 0 Å². The van der Waals surface area contributed by atoms with Crippen LogP contribution in [0.3, 0.4) is 0 Å². The maximum atomic E-state index is 10.9. The van der Waals surface area contributed by atoms with Crippen LogP contribution in [0, 0.1) is 0 Å². The van der Waals surface area contributed by atoms with E-state index in [4.69, 9.17) is 5.11 Å². The first-order valence-corrected chi connectivity index (χ1v) is 4.30. The molecule has 0 aliphatic heterocycles. The lowest BCUT2D eigenvalue weighted by Crippen LogP contribution is -2.62. The second kappa shape index (κ2) is 3.57. The first-order chi connectivity index (χ1) is 5.61. The normalized spacial score (nSPS) is 16.1. The highest BCUT2D eigenvalue weighted by atomic mass is 32.1. The summed E-state index contributed by atoms with van der Waals surface area (Å²) >= 11 is 4.15. The van der Waals surface area contributed by atoms with Crippen LogP contribution in [0.2, 0.25) is 0 Å². The number of nitrogens with one attached hydrogen (secondary N) is 1. The molecule has 4 nitrogen and oxygen atoms in total. The first kappa shape index (κ1) is 12.3. The Balaban J connectivity index is 4.96. The smallest absolute Gasteiger partial charge is 0.330 e. The molecule has 2 N–H and O–H groups in total. The molecule has 13 heavy (non-hydrogen) atoms. The van der Waals surface area contributed by atoms with E-state index >= 15 is 0 Å². The Labute approximate surface area is 83.1 Å². The number of aliphatic carboxylic acids is 1. The molecule has 0 aromatic rings. The molecule has 0 bridgehead atoms. The number of carboxylic acids is 1. The molecule has 76 valence electrons. The van der Waals surface area contributed by atoms with Gasteiger partial charge in [0, 0.05) is 11.7 Å². The number of carboxylic acid groups (broad SMARTS) is 1. The number of carbonyl (C=O) groups is 2. The number of carbonyl (C=O) groups excluding carboxylic acids is 1. The molecule has 0 heterocycles. The van der Waals surface area contributed by atoms with E-state index < -0.39 is 16.3 Å². The summed E-state index contributed by atoms with van der Waals surface area (Å²) in [4.78, 5) is 21.7. The molecular weight excluding hydrogens is 190 g/mol. The largest absolute Gasteiger partial charge is 0.479 e. The van der Waals surface area contributed by atoms with Gasteiger partial charge in [0.05, 0.1) is 0 Å². The molecule has 1 atom stereocenters. The van der Waals surface area contributed by atoms with Crippen molar-refractivity contribution in [3.63, 3.8) is 0 Å². The van der Waals surface area contributed by atoms with Crippen LogP contribution >= 0.6 is 12.6 Å². The summed E-state index contributed by atoms with van der Waals surface area (Å²) in [6, 6.07) is 0. The van der Waals surface area contributed by atoms with Gasteiger partial charge in [0.2, 0.25) is 5.91 Å². The van der Waals surface area contributed by atoms with Gasteiger partial charge in [-0.15, -0.1) is 0 Å². The molecule has 0 spiro atoms. The van der Waals surface area contributed by atoms with Gasteiger partial charge in [-0.3, -0.25) is 4.79 Å². The molecule has 1 amide bonds. The number of hydrogen-bond donors (Lipinski definition) is 3. The minimum absolute atomic E-state index is 0.382. The first-order valence-electron chi connectivity index (χ1n) is 3.86. The zero-order valence-corrected chi connectivity index (χ0v) is 9.11. The molecule has 0 aromatic heterocycles. The van der Waals surface area contributed by atoms with Crippen LogP contribution in [0.1, 0.15) is 27.7 Å². The lowest BCUT2D eigenvalue weighted by Gasteiger charge is -2.37. The Bertz CT molecular complexity index is 234. The number of amides is 1. The summed E-state index contributed by atoms with van der Waals surface area (Å²) in [7, 11) is 0. The van der Waals surface area contributed by atoms with Gasteiger partial charge in [-0.05, 0) is 20.8 Å². The van der Waals surface area contributed by atoms with Crippen molar-refractivity contribution in [3.8, 4) is 0 Å². The highest BCUT2D eigenvalue weighted by molar-refractivity contribution is 7.81. The molecule has 0 unspecified atom stereocenters. The van der Waals surface area contributed by atoms with Gasteiger partial charge in [-0.2, -0.15) is 12.6 Å². The van der Waals surface area contributed by atoms with E-state index in [2.05, 4.69) is 17.9 Å². The SMILES string of the molecule is CC(=O)N[C@](C)(C(=O)O)C(C)(C)S. The maximum absolute atomic E-state index is 10.9. The second-order valence-electron chi connectivity index (χ2n) is 3.67. The third kappa shape index (κ3) is 2.62. The number of thiol groups is 1. The van der Waals surface area contributed by atoms with Gasteiger partial charge >= 0.3 is 5.97 Å². The van der Waals surface area contributed by atoms with E-state index in [9.17, 15) is 9.59 Å². The highest BCUT2D eigenvalue weighted by Gasteiger charge is 2.46. The Kier molecular flexibility index (Phi) is 3.38. The van der Waals surface area contributed by atoms with E-state index in [1.807, 2.05) is 0 Å². The van der Waals surface area contributed by atoms with Gasteiger partial charge in [0.15, 0.2) is 0 Å². The monoisotopic (exact) mass is 205 g/mol. The molecule has 5 heteroatoms. The fourth-order valence-electron chi connectivity index (χ4n) is 0.820. The summed E-state index contributed by atoms with van der Waals surface area (Å²) < 4.78 is -0.829. The van der Waals surface area contributed by atoms with Crippen LogP contribution < -0.4 is 5.32 Å². The maximum Gasteiger partial charge on any atom is 0.330 e. The van der Waals surface area contributed by atoms with E-state index in [1.165, 1.54) is 13.8 Å². The highest BCUT2D eigenvalue weighted by Crippen LogP contribution is 2.28. The summed E-state index contributed by atoms with van der Waals surface area (Å²) in [5.74, 6) is -1.48. The summed E-state index contributed by atoms with van der Waals surface area (Å²) in [5.41, 5.74) is -1.36. The fraction of sp³-hybridized carbons (Fsp3) is 0.750. The van der Waals surface area contributed by atoms with Crippen molar-refractivity contribution >= 4 is 24.5 Å². The molecule has 0 aromatic carbocycles. The van der Waals surface area contributed by atoms with Crippen molar-refractivity contribution in [1.82, 2.24) is 5.32 Å². The van der Waals surface area contributed by atoms with Crippen molar-refractivity contribution in [2.75, 3.05) is 0 Å². The third-order valence-corrected chi connectivity index (χ3v) is 2.52. The van der Waals surface area contributed by atoms with Gasteiger partial charge in [0.1, 0.15) is 5.54 Å². The van der Waals surface area contributed by atoms with Crippen LogP contribution in [-0.2, 0) is 9.59 Å². The minimum Gasteiger partial charge on any atom is -0.479 e. The van der Waals surface area contributed by atoms with Gasteiger partial charge in [0.25, 0.3) is 0 Å². The Morgan fingerprint density at radius 3 is 1.77 bits per heavy atom. The molecule has 0 aliphatic carbocycles. The Morgan fingerprint density at radius 1 is 1.31 bits per heavy atom. The average molecular weight is 205 g/mol. The predicted molar refractivity (Wildman–Crippen MR) is 52.9 cm³/mol. The second-order valence-corrected chi connectivity index (χ2v) is 4.79. The average Bonchev–Trinajstić information content (AvgIpc) is 1.82. The van der Waals surface area contributed by atoms with Crippen molar-refractivity contribution in [2.45, 2.75) is 38.0 Å². The number of rotatable bonds is 3. The van der Waals surface area contributed by atoms with Crippen LogP contribution in [0.5, 0.6) is 0 Å². The van der Waals surface area contributed by atoms with Crippen molar-refractivity contribution in [2.24, 2.45) is 0 Å². The Hall–Kier alpha value is -0.710. The third-order valence-electron chi connectivity index (χ3n) is 2.08. The minimum atomic E-state index is -1.36. The van der Waals surface area contributed by atoms with Crippen molar-refractivity contribution < 1.29 is 14.7 Å². The molecule has 0 aliphatic rings. The van der Waals surface area contributed by atoms with Gasteiger partial charge in [-0.1, -0.05) is 0 Å². The summed E-state index contributed by atoms with van der Waals surface area (Å²) in [6.45, 7) is 5.99. The Morgan fingerprint density at radius 2 is 1.69 bits per heavy atom. The lowest BCUT2D eigenvalue weighted by atomic mass is 9.87. The summed E-state index contributed by atoms with van der Waals surface area (Å²) in [5, 5.41) is 11.3. The molecule has 0 fully saturated rings. The summed E-state index contributed by atoms with van der Waals surface area (Å²) in [6.07, 6.45) is 0. The van der Waals surface area contributed by atoms with Gasteiger partial charge in [-0.25, -0.2) is 4.79 Å². The molecule has 0 saturated heterocycles. The van der Waals surface area contributed by atoms with Crippen LogP contribution in [0.4, 0.5) is 0 Å². The zero-order chi connectivity index (χ0) is 10.9. The van der Waals surface area contributed by atoms with Crippen molar-refractivity contribution in [3.05, 3.63) is 0 Å². The van der Waals surface area contributed by atoms with Crippen molar-refractivity contribution in [1.29, 1.82) is 0 Å². The molecule has 0 radical (unpaired) electrons. The number of hydrogen-bond acceptors (Lipinski definition) is 3.